The predicted molar refractivity (Wildman–Crippen MR) is 83.4 cm³/mol. The van der Waals surface area contributed by atoms with E-state index in [1.807, 2.05) is 0 Å². The Morgan fingerprint density at radius 3 is 2.00 bits per heavy atom. The van der Waals surface area contributed by atoms with Crippen molar-refractivity contribution in [2.24, 2.45) is 5.41 Å². The fraction of sp³-hybridized carbons (Fsp3) is 1.00. The van der Waals surface area contributed by atoms with Crippen molar-refractivity contribution in [3.05, 3.63) is 0 Å². The van der Waals surface area contributed by atoms with Crippen LogP contribution in [-0.2, 0) is 0 Å². The van der Waals surface area contributed by atoms with Crippen LogP contribution >= 0.6 is 15.9 Å². The highest BCUT2D eigenvalue weighted by Crippen LogP contribution is 2.39. The van der Waals surface area contributed by atoms with Crippen LogP contribution in [-0.4, -0.2) is 28.9 Å². The molecule has 2 atom stereocenters. The van der Waals surface area contributed by atoms with Crippen LogP contribution in [0.3, 0.4) is 0 Å². The number of nitrogens with zero attached hydrogens (tertiary/aromatic N) is 1. The zero-order valence-electron chi connectivity index (χ0n) is 12.3. The number of alkyl halides is 1. The summed E-state index contributed by atoms with van der Waals surface area (Å²) in [5.74, 6) is 0. The van der Waals surface area contributed by atoms with Crippen molar-refractivity contribution in [2.45, 2.75) is 83.7 Å². The molecule has 1 aliphatic heterocycles. The maximum absolute atomic E-state index is 3.84. The van der Waals surface area contributed by atoms with Crippen LogP contribution in [0.2, 0.25) is 0 Å². The maximum atomic E-state index is 3.84. The van der Waals surface area contributed by atoms with E-state index >= 15 is 0 Å². The number of hydrogen-bond acceptors (Lipinski definition) is 1. The standard InChI is InChI=1S/C16H30BrN/c1-14-8-7-9-15(2)18(14)13-16(12-17)10-5-3-4-6-11-16/h14-15H,3-13H2,1-2H3. The van der Waals surface area contributed by atoms with E-state index in [0.717, 1.165) is 12.1 Å². The molecule has 1 heterocycles. The highest BCUT2D eigenvalue weighted by molar-refractivity contribution is 9.09. The first-order valence-electron chi connectivity index (χ1n) is 7.99. The van der Waals surface area contributed by atoms with Crippen LogP contribution < -0.4 is 0 Å². The van der Waals surface area contributed by atoms with Crippen LogP contribution in [0.4, 0.5) is 0 Å². The van der Waals surface area contributed by atoms with Crippen molar-refractivity contribution in [2.75, 3.05) is 11.9 Å². The highest BCUT2D eigenvalue weighted by atomic mass is 79.9. The number of halogens is 1. The molecule has 0 spiro atoms. The van der Waals surface area contributed by atoms with Crippen molar-refractivity contribution < 1.29 is 0 Å². The summed E-state index contributed by atoms with van der Waals surface area (Å²) in [7, 11) is 0. The van der Waals surface area contributed by atoms with Gasteiger partial charge in [-0.3, -0.25) is 4.90 Å². The first kappa shape index (κ1) is 14.8. The second kappa shape index (κ2) is 6.74. The summed E-state index contributed by atoms with van der Waals surface area (Å²) >= 11 is 3.84. The van der Waals surface area contributed by atoms with Crippen LogP contribution in [0.1, 0.15) is 71.6 Å². The molecule has 18 heavy (non-hydrogen) atoms. The van der Waals surface area contributed by atoms with Crippen LogP contribution in [0.25, 0.3) is 0 Å². The van der Waals surface area contributed by atoms with Gasteiger partial charge in [0.1, 0.15) is 0 Å². The van der Waals surface area contributed by atoms with Gasteiger partial charge in [0, 0.05) is 24.0 Å². The molecule has 2 aliphatic rings. The average Bonchev–Trinajstić information content (AvgIpc) is 2.60. The number of rotatable bonds is 3. The lowest BCUT2D eigenvalue weighted by molar-refractivity contribution is 0.0501. The number of hydrogen-bond donors (Lipinski definition) is 0. The zero-order chi connectivity index (χ0) is 13.0. The first-order chi connectivity index (χ1) is 8.67. The van der Waals surface area contributed by atoms with Gasteiger partial charge in [0.05, 0.1) is 0 Å². The van der Waals surface area contributed by atoms with Gasteiger partial charge in [-0.25, -0.2) is 0 Å². The van der Waals surface area contributed by atoms with E-state index in [-0.39, 0.29) is 0 Å². The van der Waals surface area contributed by atoms with E-state index in [9.17, 15) is 0 Å². The molecule has 0 aromatic rings. The molecule has 2 heteroatoms. The van der Waals surface area contributed by atoms with E-state index in [1.165, 1.54) is 69.7 Å². The molecule has 1 saturated heterocycles. The monoisotopic (exact) mass is 315 g/mol. The van der Waals surface area contributed by atoms with Gasteiger partial charge in [0.25, 0.3) is 0 Å². The first-order valence-corrected chi connectivity index (χ1v) is 9.11. The van der Waals surface area contributed by atoms with Gasteiger partial charge >= 0.3 is 0 Å². The normalized spacial score (nSPS) is 34.2. The Balaban J connectivity index is 2.03. The van der Waals surface area contributed by atoms with Gasteiger partial charge in [-0.15, -0.1) is 0 Å². The lowest BCUT2D eigenvalue weighted by Crippen LogP contribution is -2.49. The molecule has 0 amide bonds. The summed E-state index contributed by atoms with van der Waals surface area (Å²) < 4.78 is 0. The summed E-state index contributed by atoms with van der Waals surface area (Å²) in [4.78, 5) is 2.82. The fourth-order valence-electron chi connectivity index (χ4n) is 3.99. The molecule has 2 unspecified atom stereocenters. The third-order valence-corrected chi connectivity index (χ3v) is 6.53. The quantitative estimate of drug-likeness (QED) is 0.524. The second-order valence-corrected chi connectivity index (χ2v) is 7.41. The minimum Gasteiger partial charge on any atom is -0.297 e. The van der Waals surface area contributed by atoms with E-state index in [4.69, 9.17) is 0 Å². The Kier molecular flexibility index (Phi) is 5.56. The molecule has 2 rings (SSSR count). The van der Waals surface area contributed by atoms with Gasteiger partial charge in [-0.05, 0) is 44.9 Å². The Hall–Kier alpha value is 0.440. The lowest BCUT2D eigenvalue weighted by atomic mass is 9.80. The van der Waals surface area contributed by atoms with Gasteiger partial charge in [0.2, 0.25) is 0 Å². The Bertz CT molecular complexity index is 235. The zero-order valence-corrected chi connectivity index (χ0v) is 13.8. The summed E-state index contributed by atoms with van der Waals surface area (Å²) in [5.41, 5.74) is 0.566. The molecule has 2 fully saturated rings. The fourth-order valence-corrected chi connectivity index (χ4v) is 4.72. The topological polar surface area (TPSA) is 3.24 Å². The minimum atomic E-state index is 0.566. The number of piperidine rings is 1. The Labute approximate surface area is 122 Å². The summed E-state index contributed by atoms with van der Waals surface area (Å²) in [6.45, 7) is 6.21. The molecule has 1 aliphatic carbocycles. The van der Waals surface area contributed by atoms with Crippen LogP contribution in [0.5, 0.6) is 0 Å². The minimum absolute atomic E-state index is 0.566. The molecule has 0 radical (unpaired) electrons. The molecule has 0 N–H and O–H groups in total. The van der Waals surface area contributed by atoms with E-state index in [1.54, 1.807) is 0 Å². The van der Waals surface area contributed by atoms with Crippen molar-refractivity contribution in [1.82, 2.24) is 4.90 Å². The van der Waals surface area contributed by atoms with Crippen LogP contribution in [0.15, 0.2) is 0 Å². The molecule has 0 aromatic heterocycles. The lowest BCUT2D eigenvalue weighted by Gasteiger charge is -2.45. The molecule has 0 aromatic carbocycles. The molecular weight excluding hydrogens is 286 g/mol. The molecule has 1 saturated carbocycles. The largest absolute Gasteiger partial charge is 0.297 e. The molecule has 106 valence electrons. The summed E-state index contributed by atoms with van der Waals surface area (Å²) in [6.07, 6.45) is 12.9. The third kappa shape index (κ3) is 3.50. The maximum Gasteiger partial charge on any atom is 0.0100 e. The van der Waals surface area contributed by atoms with Gasteiger partial charge in [0.15, 0.2) is 0 Å². The van der Waals surface area contributed by atoms with Gasteiger partial charge in [-0.2, -0.15) is 0 Å². The smallest absolute Gasteiger partial charge is 0.0100 e. The Morgan fingerprint density at radius 1 is 0.944 bits per heavy atom. The van der Waals surface area contributed by atoms with E-state index in [2.05, 4.69) is 34.7 Å². The van der Waals surface area contributed by atoms with E-state index < -0.39 is 0 Å². The highest BCUT2D eigenvalue weighted by Gasteiger charge is 2.35. The Morgan fingerprint density at radius 2 is 1.50 bits per heavy atom. The molecule has 1 nitrogen and oxygen atoms in total. The van der Waals surface area contributed by atoms with Crippen molar-refractivity contribution in [3.8, 4) is 0 Å². The molecular formula is C16H30BrN. The second-order valence-electron chi connectivity index (χ2n) is 6.85. The molecule has 0 bridgehead atoms. The van der Waals surface area contributed by atoms with Gasteiger partial charge in [-0.1, -0.05) is 48.0 Å². The van der Waals surface area contributed by atoms with Crippen molar-refractivity contribution in [3.63, 3.8) is 0 Å². The average molecular weight is 316 g/mol. The van der Waals surface area contributed by atoms with E-state index in [0.29, 0.717) is 5.41 Å². The van der Waals surface area contributed by atoms with Crippen molar-refractivity contribution >= 4 is 15.9 Å². The third-order valence-electron chi connectivity index (χ3n) is 5.34. The predicted octanol–water partition coefficient (Wildman–Crippen LogP) is 4.98. The summed E-state index contributed by atoms with van der Waals surface area (Å²) in [6, 6.07) is 1.60. The van der Waals surface area contributed by atoms with Crippen LogP contribution in [0, 0.1) is 5.41 Å². The van der Waals surface area contributed by atoms with Gasteiger partial charge < -0.3 is 0 Å². The SMILES string of the molecule is CC1CCCC(C)N1CC1(CBr)CCCCCC1. The van der Waals surface area contributed by atoms with Crippen molar-refractivity contribution in [1.29, 1.82) is 0 Å². The number of likely N-dealkylation sites (tertiary alicyclic amines) is 1. The summed E-state index contributed by atoms with van der Waals surface area (Å²) in [5, 5.41) is 1.20.